The Morgan fingerprint density at radius 1 is 1.15 bits per heavy atom. The number of benzene rings is 1. The molecule has 1 N–H and O–H groups in total. The van der Waals surface area contributed by atoms with Crippen LogP contribution in [0.5, 0.6) is 0 Å². The average molecular weight is 398 g/mol. The van der Waals surface area contributed by atoms with Gasteiger partial charge in [-0.2, -0.15) is 0 Å². The quantitative estimate of drug-likeness (QED) is 0.720. The number of hydrogen-bond donors (Lipinski definition) is 1. The molecule has 0 saturated carbocycles. The molecule has 1 aromatic carbocycles. The van der Waals surface area contributed by atoms with Gasteiger partial charge in [-0.15, -0.1) is 0 Å². The Labute approximate surface area is 162 Å². The van der Waals surface area contributed by atoms with Crippen LogP contribution >= 0.6 is 0 Å². The first kappa shape index (κ1) is 21.8. The maximum atomic E-state index is 12.6. The number of carbonyl (C=O) groups is 1. The summed E-state index contributed by atoms with van der Waals surface area (Å²) in [5.74, 6) is -0.0923. The molecule has 0 spiro atoms. The van der Waals surface area contributed by atoms with Crippen LogP contribution < -0.4 is 4.72 Å². The van der Waals surface area contributed by atoms with Crippen LogP contribution in [0.15, 0.2) is 29.2 Å². The van der Waals surface area contributed by atoms with Crippen LogP contribution in [0.25, 0.3) is 0 Å². The molecule has 0 aliphatic carbocycles. The van der Waals surface area contributed by atoms with Gasteiger partial charge in [-0.25, -0.2) is 13.1 Å². The minimum absolute atomic E-state index is 0.0923. The summed E-state index contributed by atoms with van der Waals surface area (Å²) in [7, 11) is -3.64. The molecule has 1 aliphatic heterocycles. The maximum absolute atomic E-state index is 12.6. The van der Waals surface area contributed by atoms with E-state index in [4.69, 9.17) is 4.74 Å². The molecule has 0 bridgehead atoms. The number of sulfonamides is 1. The van der Waals surface area contributed by atoms with E-state index in [9.17, 15) is 13.2 Å². The molecule has 0 radical (unpaired) electrons. The van der Waals surface area contributed by atoms with Gasteiger partial charge >= 0.3 is 0 Å². The normalized spacial score (nSPS) is 16.3. The van der Waals surface area contributed by atoms with E-state index >= 15 is 0 Å². The Kier molecular flexibility index (Phi) is 7.39. The van der Waals surface area contributed by atoms with Crippen LogP contribution in [0.4, 0.5) is 0 Å². The van der Waals surface area contributed by atoms with E-state index in [0.29, 0.717) is 38.4 Å². The van der Waals surface area contributed by atoms with Crippen LogP contribution in [0.3, 0.4) is 0 Å². The lowest BCUT2D eigenvalue weighted by Crippen LogP contribution is -2.55. The molecular weight excluding hydrogens is 366 g/mol. The Bertz CT molecular complexity index is 722. The van der Waals surface area contributed by atoms with Gasteiger partial charge < -0.3 is 9.64 Å². The summed E-state index contributed by atoms with van der Waals surface area (Å²) in [5.41, 5.74) is 0.182. The molecule has 0 atom stereocenters. The number of morpholine rings is 1. The van der Waals surface area contributed by atoms with E-state index in [1.807, 2.05) is 27.7 Å². The lowest BCUT2D eigenvalue weighted by atomic mass is 10.0. The van der Waals surface area contributed by atoms with E-state index in [2.05, 4.69) is 9.62 Å². The minimum Gasteiger partial charge on any atom is -0.379 e. The molecule has 8 heteroatoms. The molecular formula is C19H31N3O4S. The SMILES string of the molecule is CCN(CC)C(=O)c1ccc(S(=O)(=O)NCC(C)(C)N2CCOCC2)cc1. The summed E-state index contributed by atoms with van der Waals surface area (Å²) in [4.78, 5) is 16.4. The topological polar surface area (TPSA) is 79.0 Å². The summed E-state index contributed by atoms with van der Waals surface area (Å²) >= 11 is 0. The number of carbonyl (C=O) groups excluding carboxylic acids is 1. The van der Waals surface area contributed by atoms with E-state index in [1.54, 1.807) is 17.0 Å². The van der Waals surface area contributed by atoms with Crippen molar-refractivity contribution in [1.29, 1.82) is 0 Å². The average Bonchev–Trinajstić information content (AvgIpc) is 2.68. The van der Waals surface area contributed by atoms with Crippen LogP contribution in [0.2, 0.25) is 0 Å². The van der Waals surface area contributed by atoms with Gasteiger partial charge in [0.2, 0.25) is 10.0 Å². The first-order valence-electron chi connectivity index (χ1n) is 9.43. The number of amides is 1. The molecule has 2 rings (SSSR count). The van der Waals surface area contributed by atoms with Gasteiger partial charge in [0.1, 0.15) is 0 Å². The van der Waals surface area contributed by atoms with Gasteiger partial charge in [-0.05, 0) is 52.0 Å². The van der Waals surface area contributed by atoms with Crippen molar-refractivity contribution in [2.45, 2.75) is 38.1 Å². The van der Waals surface area contributed by atoms with Crippen LogP contribution in [-0.4, -0.2) is 75.6 Å². The first-order chi connectivity index (χ1) is 12.7. The Morgan fingerprint density at radius 2 is 1.70 bits per heavy atom. The summed E-state index contributed by atoms with van der Waals surface area (Å²) in [6, 6.07) is 6.12. The third-order valence-electron chi connectivity index (χ3n) is 5.02. The number of rotatable bonds is 8. The molecule has 1 heterocycles. The van der Waals surface area contributed by atoms with Gasteiger partial charge in [-0.3, -0.25) is 9.69 Å². The van der Waals surface area contributed by atoms with Crippen molar-refractivity contribution in [3.05, 3.63) is 29.8 Å². The van der Waals surface area contributed by atoms with Crippen molar-refractivity contribution in [2.75, 3.05) is 45.9 Å². The summed E-state index contributed by atoms with van der Waals surface area (Å²) in [6.45, 7) is 12.3. The molecule has 152 valence electrons. The van der Waals surface area contributed by atoms with Gasteiger partial charge in [0.05, 0.1) is 18.1 Å². The lowest BCUT2D eigenvalue weighted by Gasteiger charge is -2.40. The monoisotopic (exact) mass is 397 g/mol. The Morgan fingerprint density at radius 3 is 2.22 bits per heavy atom. The molecule has 1 fully saturated rings. The number of nitrogens with zero attached hydrogens (tertiary/aromatic N) is 2. The summed E-state index contributed by atoms with van der Waals surface area (Å²) in [5, 5.41) is 0. The highest BCUT2D eigenvalue weighted by molar-refractivity contribution is 7.89. The highest BCUT2D eigenvalue weighted by Gasteiger charge is 2.30. The van der Waals surface area contributed by atoms with Crippen LogP contribution in [0, 0.1) is 0 Å². The zero-order valence-electron chi connectivity index (χ0n) is 16.7. The Balaban J connectivity index is 2.04. The molecule has 1 aromatic rings. The molecule has 1 saturated heterocycles. The second-order valence-corrected chi connectivity index (χ2v) is 9.01. The standard InChI is InChI=1S/C19H31N3O4S/c1-5-21(6-2)18(23)16-7-9-17(10-8-16)27(24,25)20-15-19(3,4)22-11-13-26-14-12-22/h7-10,20H,5-6,11-15H2,1-4H3. The third-order valence-corrected chi connectivity index (χ3v) is 6.44. The van der Waals surface area contributed by atoms with Crippen molar-refractivity contribution in [3.8, 4) is 0 Å². The van der Waals surface area contributed by atoms with Crippen molar-refractivity contribution in [3.63, 3.8) is 0 Å². The largest absolute Gasteiger partial charge is 0.379 e. The molecule has 7 nitrogen and oxygen atoms in total. The second-order valence-electron chi connectivity index (χ2n) is 7.24. The van der Waals surface area contributed by atoms with E-state index in [1.165, 1.54) is 12.1 Å². The number of ether oxygens (including phenoxy) is 1. The predicted octanol–water partition coefficient (Wildman–Crippen LogP) is 1.56. The molecule has 1 amide bonds. The molecule has 27 heavy (non-hydrogen) atoms. The maximum Gasteiger partial charge on any atom is 0.253 e. The van der Waals surface area contributed by atoms with Gasteiger partial charge in [0, 0.05) is 43.8 Å². The smallest absolute Gasteiger partial charge is 0.253 e. The first-order valence-corrected chi connectivity index (χ1v) is 10.9. The van der Waals surface area contributed by atoms with Gasteiger partial charge in [0.25, 0.3) is 5.91 Å². The zero-order valence-corrected chi connectivity index (χ0v) is 17.5. The predicted molar refractivity (Wildman–Crippen MR) is 105 cm³/mol. The fraction of sp³-hybridized carbons (Fsp3) is 0.632. The van der Waals surface area contributed by atoms with E-state index in [0.717, 1.165) is 13.1 Å². The van der Waals surface area contributed by atoms with Crippen molar-refractivity contribution < 1.29 is 17.9 Å². The highest BCUT2D eigenvalue weighted by atomic mass is 32.2. The van der Waals surface area contributed by atoms with E-state index in [-0.39, 0.29) is 16.3 Å². The summed E-state index contributed by atoms with van der Waals surface area (Å²) < 4.78 is 33.3. The highest BCUT2D eigenvalue weighted by Crippen LogP contribution is 2.17. The minimum atomic E-state index is -3.64. The fourth-order valence-corrected chi connectivity index (χ4v) is 4.31. The van der Waals surface area contributed by atoms with Crippen LogP contribution in [-0.2, 0) is 14.8 Å². The second kappa shape index (κ2) is 9.14. The molecule has 0 unspecified atom stereocenters. The third kappa shape index (κ3) is 5.51. The summed E-state index contributed by atoms with van der Waals surface area (Å²) in [6.07, 6.45) is 0. The van der Waals surface area contributed by atoms with Crippen molar-refractivity contribution in [2.24, 2.45) is 0 Å². The number of nitrogens with one attached hydrogen (secondary N) is 1. The fourth-order valence-electron chi connectivity index (χ4n) is 3.11. The lowest BCUT2D eigenvalue weighted by molar-refractivity contribution is -0.00803. The van der Waals surface area contributed by atoms with Crippen molar-refractivity contribution in [1.82, 2.24) is 14.5 Å². The Hall–Kier alpha value is -1.48. The van der Waals surface area contributed by atoms with Crippen LogP contribution in [0.1, 0.15) is 38.1 Å². The van der Waals surface area contributed by atoms with Gasteiger partial charge in [-0.1, -0.05) is 0 Å². The number of hydrogen-bond acceptors (Lipinski definition) is 5. The van der Waals surface area contributed by atoms with Gasteiger partial charge in [0.15, 0.2) is 0 Å². The zero-order chi connectivity index (χ0) is 20.1. The van der Waals surface area contributed by atoms with E-state index < -0.39 is 10.0 Å². The molecule has 1 aliphatic rings. The molecule has 0 aromatic heterocycles. The van der Waals surface area contributed by atoms with Crippen molar-refractivity contribution >= 4 is 15.9 Å².